The molecule has 0 saturated carbocycles. The number of hydrogen-bond donors (Lipinski definition) is 1. The van der Waals surface area contributed by atoms with E-state index in [-0.39, 0.29) is 0 Å². The van der Waals surface area contributed by atoms with E-state index in [0.29, 0.717) is 12.4 Å². The van der Waals surface area contributed by atoms with Gasteiger partial charge in [-0.25, -0.2) is 9.97 Å². The van der Waals surface area contributed by atoms with Crippen molar-refractivity contribution in [3.8, 4) is 11.5 Å². The fourth-order valence-corrected chi connectivity index (χ4v) is 1.96. The third-order valence-corrected chi connectivity index (χ3v) is 2.99. The Bertz CT molecular complexity index is 537. The molecule has 2 aromatic rings. The van der Waals surface area contributed by atoms with Gasteiger partial charge in [-0.15, -0.1) is 0 Å². The van der Waals surface area contributed by atoms with Crippen molar-refractivity contribution in [2.75, 3.05) is 0 Å². The van der Waals surface area contributed by atoms with Crippen molar-refractivity contribution in [3.63, 3.8) is 0 Å². The minimum Gasteiger partial charge on any atom is -0.326 e. The summed E-state index contributed by atoms with van der Waals surface area (Å²) in [6, 6.07) is 4.01. The second-order valence-corrected chi connectivity index (χ2v) is 4.09. The van der Waals surface area contributed by atoms with Gasteiger partial charge in [-0.2, -0.15) is 0 Å². The summed E-state index contributed by atoms with van der Waals surface area (Å²) in [6.07, 6.45) is 5.37. The van der Waals surface area contributed by atoms with Gasteiger partial charge >= 0.3 is 0 Å². The Morgan fingerprint density at radius 2 is 1.94 bits per heavy atom. The molecule has 0 amide bonds. The molecule has 4 heteroatoms. The van der Waals surface area contributed by atoms with Gasteiger partial charge in [-0.05, 0) is 24.5 Å². The molecular weight excluding hydrogens is 224 g/mol. The summed E-state index contributed by atoms with van der Waals surface area (Å²) >= 11 is 0. The average molecular weight is 242 g/mol. The first-order valence-corrected chi connectivity index (χ1v) is 6.29. The molecule has 0 radical (unpaired) electrons. The Balaban J connectivity index is 2.51. The highest BCUT2D eigenvalue weighted by Gasteiger charge is 2.10. The minimum absolute atomic E-state index is 0.478. The summed E-state index contributed by atoms with van der Waals surface area (Å²) in [5.74, 6) is 0.696. The Morgan fingerprint density at radius 3 is 2.61 bits per heavy atom. The van der Waals surface area contributed by atoms with Crippen molar-refractivity contribution >= 4 is 0 Å². The van der Waals surface area contributed by atoms with Crippen LogP contribution in [0.4, 0.5) is 0 Å². The van der Waals surface area contributed by atoms with Crippen LogP contribution in [0.15, 0.2) is 24.5 Å². The molecule has 2 rings (SSSR count). The van der Waals surface area contributed by atoms with Crippen LogP contribution in [-0.2, 0) is 19.4 Å². The highest BCUT2D eigenvalue weighted by Crippen LogP contribution is 2.19. The highest BCUT2D eigenvalue weighted by molar-refractivity contribution is 5.54. The van der Waals surface area contributed by atoms with Crippen LogP contribution in [0.25, 0.3) is 11.5 Å². The van der Waals surface area contributed by atoms with Crippen molar-refractivity contribution in [1.29, 1.82) is 0 Å². The van der Waals surface area contributed by atoms with Crippen LogP contribution in [0.3, 0.4) is 0 Å². The van der Waals surface area contributed by atoms with E-state index in [2.05, 4.69) is 34.9 Å². The second kappa shape index (κ2) is 5.69. The molecule has 18 heavy (non-hydrogen) atoms. The molecule has 0 aliphatic heterocycles. The van der Waals surface area contributed by atoms with Gasteiger partial charge in [-0.3, -0.25) is 4.98 Å². The number of aromatic nitrogens is 3. The molecule has 0 saturated heterocycles. The summed E-state index contributed by atoms with van der Waals surface area (Å²) in [5.41, 5.74) is 9.73. The molecule has 0 fully saturated rings. The van der Waals surface area contributed by atoms with Crippen molar-refractivity contribution in [2.24, 2.45) is 5.73 Å². The van der Waals surface area contributed by atoms with Crippen LogP contribution >= 0.6 is 0 Å². The fraction of sp³-hybridized carbons (Fsp3) is 0.357. The van der Waals surface area contributed by atoms with Crippen LogP contribution in [0.1, 0.15) is 30.7 Å². The number of nitrogens with zero attached hydrogens (tertiary/aromatic N) is 3. The number of nitrogens with two attached hydrogens (primary N) is 1. The molecule has 4 nitrogen and oxygen atoms in total. The molecule has 2 heterocycles. The fourth-order valence-electron chi connectivity index (χ4n) is 1.96. The molecule has 0 aliphatic rings. The third-order valence-electron chi connectivity index (χ3n) is 2.99. The van der Waals surface area contributed by atoms with Crippen LogP contribution in [0.5, 0.6) is 0 Å². The molecule has 0 unspecified atom stereocenters. The summed E-state index contributed by atoms with van der Waals surface area (Å²) < 4.78 is 0. The van der Waals surface area contributed by atoms with Gasteiger partial charge in [-0.1, -0.05) is 19.9 Å². The van der Waals surface area contributed by atoms with E-state index in [1.54, 1.807) is 6.20 Å². The minimum atomic E-state index is 0.478. The lowest BCUT2D eigenvalue weighted by Gasteiger charge is -2.09. The molecule has 0 atom stereocenters. The largest absolute Gasteiger partial charge is 0.326 e. The van der Waals surface area contributed by atoms with Gasteiger partial charge in [0.1, 0.15) is 5.69 Å². The molecule has 2 N–H and O–H groups in total. The predicted molar refractivity (Wildman–Crippen MR) is 71.9 cm³/mol. The number of hydrogen-bond acceptors (Lipinski definition) is 4. The summed E-state index contributed by atoms with van der Waals surface area (Å²) in [7, 11) is 0. The van der Waals surface area contributed by atoms with Crippen molar-refractivity contribution in [1.82, 2.24) is 15.0 Å². The summed E-state index contributed by atoms with van der Waals surface area (Å²) in [4.78, 5) is 13.4. The van der Waals surface area contributed by atoms with Gasteiger partial charge in [0.2, 0.25) is 0 Å². The van der Waals surface area contributed by atoms with Gasteiger partial charge in [0.15, 0.2) is 5.82 Å². The first-order chi connectivity index (χ1) is 8.80. The maximum Gasteiger partial charge on any atom is 0.178 e. The van der Waals surface area contributed by atoms with E-state index in [0.717, 1.165) is 29.8 Å². The molecular formula is C14H18N4. The monoisotopic (exact) mass is 242 g/mol. The quantitative estimate of drug-likeness (QED) is 0.892. The molecule has 0 aliphatic carbocycles. The van der Waals surface area contributed by atoms with Crippen LogP contribution in [0, 0.1) is 0 Å². The first kappa shape index (κ1) is 12.6. The van der Waals surface area contributed by atoms with Crippen LogP contribution < -0.4 is 5.73 Å². The van der Waals surface area contributed by atoms with E-state index in [1.807, 2.05) is 12.3 Å². The normalized spacial score (nSPS) is 10.6. The molecule has 0 aromatic carbocycles. The Hall–Kier alpha value is -1.81. The third kappa shape index (κ3) is 2.38. The van der Waals surface area contributed by atoms with E-state index in [4.69, 9.17) is 5.73 Å². The van der Waals surface area contributed by atoms with Gasteiger partial charge in [0.25, 0.3) is 0 Å². The van der Waals surface area contributed by atoms with Crippen LogP contribution in [0.2, 0.25) is 0 Å². The smallest absolute Gasteiger partial charge is 0.178 e. The zero-order valence-corrected chi connectivity index (χ0v) is 10.8. The lowest BCUT2D eigenvalue weighted by molar-refractivity contribution is 0.913. The molecule has 2 aromatic heterocycles. The number of rotatable bonds is 4. The molecule has 0 bridgehead atoms. The maximum atomic E-state index is 5.68. The molecule has 0 spiro atoms. The van der Waals surface area contributed by atoms with Crippen molar-refractivity contribution in [3.05, 3.63) is 41.3 Å². The van der Waals surface area contributed by atoms with E-state index in [9.17, 15) is 0 Å². The molecule has 94 valence electrons. The van der Waals surface area contributed by atoms with Crippen molar-refractivity contribution < 1.29 is 0 Å². The summed E-state index contributed by atoms with van der Waals surface area (Å²) in [6.45, 7) is 4.66. The number of pyridine rings is 1. The summed E-state index contributed by atoms with van der Waals surface area (Å²) in [5, 5.41) is 0. The zero-order valence-electron chi connectivity index (χ0n) is 10.8. The van der Waals surface area contributed by atoms with Crippen LogP contribution in [-0.4, -0.2) is 15.0 Å². The Labute approximate surface area is 107 Å². The lowest BCUT2D eigenvalue weighted by atomic mass is 10.1. The Kier molecular flexibility index (Phi) is 3.99. The van der Waals surface area contributed by atoms with E-state index < -0.39 is 0 Å². The lowest BCUT2D eigenvalue weighted by Crippen LogP contribution is -2.06. The second-order valence-electron chi connectivity index (χ2n) is 4.09. The Morgan fingerprint density at radius 1 is 1.11 bits per heavy atom. The average Bonchev–Trinajstić information content (AvgIpc) is 2.46. The number of aryl methyl sites for hydroxylation is 2. The highest BCUT2D eigenvalue weighted by atomic mass is 14.9. The zero-order chi connectivity index (χ0) is 13.0. The van der Waals surface area contributed by atoms with Crippen molar-refractivity contribution in [2.45, 2.75) is 33.2 Å². The topological polar surface area (TPSA) is 64.7 Å². The van der Waals surface area contributed by atoms with Gasteiger partial charge < -0.3 is 5.73 Å². The first-order valence-electron chi connectivity index (χ1n) is 6.29. The SMILES string of the molecule is CCc1cccnc1-c1ncc(CN)c(CC)n1. The van der Waals surface area contributed by atoms with E-state index >= 15 is 0 Å². The maximum absolute atomic E-state index is 5.68. The standard InChI is InChI=1S/C14H18N4/c1-3-10-6-5-7-16-13(10)14-17-9-11(8-15)12(4-2)18-14/h5-7,9H,3-4,8,15H2,1-2H3. The van der Waals surface area contributed by atoms with E-state index in [1.165, 1.54) is 5.56 Å². The van der Waals surface area contributed by atoms with Gasteiger partial charge in [0, 0.05) is 30.2 Å². The van der Waals surface area contributed by atoms with Gasteiger partial charge in [0.05, 0.1) is 0 Å². The predicted octanol–water partition coefficient (Wildman–Crippen LogP) is 2.12.